The quantitative estimate of drug-likeness (QED) is 0.559. The van der Waals surface area contributed by atoms with E-state index in [0.717, 1.165) is 29.6 Å². The Morgan fingerprint density at radius 3 is 2.73 bits per heavy atom. The van der Waals surface area contributed by atoms with E-state index < -0.39 is 0 Å². The van der Waals surface area contributed by atoms with E-state index in [-0.39, 0.29) is 0 Å². The Kier molecular flexibility index (Phi) is 1.92. The minimum atomic E-state index is 0.703. The smallest absolute Gasteiger partial charge is 0.0115 e. The highest BCUT2D eigenvalue weighted by Crippen LogP contribution is 2.71. The van der Waals surface area contributed by atoms with Gasteiger partial charge in [0, 0.05) is 0 Å². The van der Waals surface area contributed by atoms with E-state index in [2.05, 4.69) is 33.8 Å². The van der Waals surface area contributed by atoms with Crippen LogP contribution in [0.4, 0.5) is 0 Å². The summed E-state index contributed by atoms with van der Waals surface area (Å²) in [4.78, 5) is 0. The summed E-state index contributed by atoms with van der Waals surface area (Å²) in [6, 6.07) is 0. The lowest BCUT2D eigenvalue weighted by Gasteiger charge is -2.70. The zero-order valence-electron chi connectivity index (χ0n) is 10.6. The van der Waals surface area contributed by atoms with Gasteiger partial charge in [0.2, 0.25) is 0 Å². The van der Waals surface area contributed by atoms with Gasteiger partial charge in [-0.25, -0.2) is 0 Å². The second-order valence-corrected chi connectivity index (χ2v) is 6.80. The van der Waals surface area contributed by atoms with Gasteiger partial charge >= 0.3 is 0 Å². The normalized spacial score (nSPS) is 52.5. The molecule has 2 fully saturated rings. The molecule has 0 amide bonds. The average molecular weight is 204 g/mol. The van der Waals surface area contributed by atoms with Crippen LogP contribution < -0.4 is 0 Å². The van der Waals surface area contributed by atoms with Crippen LogP contribution >= 0.6 is 0 Å². The summed E-state index contributed by atoms with van der Waals surface area (Å²) in [5.41, 5.74) is 2.42. The van der Waals surface area contributed by atoms with Crippen molar-refractivity contribution in [3.8, 4) is 0 Å². The van der Waals surface area contributed by atoms with Crippen LogP contribution in [0.1, 0.15) is 47.0 Å². The van der Waals surface area contributed by atoms with Crippen LogP contribution in [0.3, 0.4) is 0 Å². The molecule has 4 bridgehead atoms. The number of hydrogen-bond acceptors (Lipinski definition) is 0. The third kappa shape index (κ3) is 1.04. The van der Waals surface area contributed by atoms with E-state index in [4.69, 9.17) is 0 Å². The Bertz CT molecular complexity index is 312. The Labute approximate surface area is 94.1 Å². The molecule has 0 aromatic carbocycles. The number of rotatable bonds is 1. The topological polar surface area (TPSA) is 0 Å². The standard InChI is InChI=1S/C15H24/c1-9(2)11-7-8-15(4)12-6-5-10(3)14(15)13(11)12/h5,9,11-14H,6-8H2,1-4H3/t11-,12?,13?,14?,15-/m0/s1. The average Bonchev–Trinajstić information content (AvgIpc) is 2.17. The fourth-order valence-corrected chi connectivity index (χ4v) is 5.25. The molecule has 0 N–H and O–H groups in total. The van der Waals surface area contributed by atoms with E-state index in [1.54, 1.807) is 5.57 Å². The second-order valence-electron chi connectivity index (χ2n) is 6.80. The molecule has 0 aliphatic heterocycles. The van der Waals surface area contributed by atoms with Crippen molar-refractivity contribution in [2.75, 3.05) is 0 Å². The molecular formula is C15H24. The first-order valence-corrected chi connectivity index (χ1v) is 6.72. The van der Waals surface area contributed by atoms with Gasteiger partial charge in [-0.3, -0.25) is 0 Å². The first-order chi connectivity index (χ1) is 7.05. The minimum absolute atomic E-state index is 0.703. The van der Waals surface area contributed by atoms with Crippen LogP contribution in [-0.2, 0) is 0 Å². The maximum Gasteiger partial charge on any atom is -0.0115 e. The molecule has 0 aromatic rings. The number of hydrogen-bond donors (Lipinski definition) is 0. The first kappa shape index (κ1) is 9.93. The Hall–Kier alpha value is -0.260. The highest BCUT2D eigenvalue weighted by Gasteiger charge is 2.64. The summed E-state index contributed by atoms with van der Waals surface area (Å²) in [5.74, 6) is 4.96. The van der Waals surface area contributed by atoms with Gasteiger partial charge in [0.25, 0.3) is 0 Å². The van der Waals surface area contributed by atoms with E-state index in [0.29, 0.717) is 5.41 Å². The molecule has 4 aliphatic rings. The molecule has 15 heavy (non-hydrogen) atoms. The van der Waals surface area contributed by atoms with Crippen molar-refractivity contribution < 1.29 is 0 Å². The van der Waals surface area contributed by atoms with Crippen molar-refractivity contribution >= 4 is 0 Å². The third-order valence-electron chi connectivity index (χ3n) is 5.96. The lowest BCUT2D eigenvalue weighted by atomic mass is 9.34. The largest absolute Gasteiger partial charge is 0.0850 e. The fourth-order valence-electron chi connectivity index (χ4n) is 5.25. The molecule has 3 unspecified atom stereocenters. The van der Waals surface area contributed by atoms with E-state index in [1.807, 2.05) is 0 Å². The molecule has 4 rings (SSSR count). The maximum atomic E-state index is 2.56. The number of fused-ring (bicyclic) bond motifs is 1. The van der Waals surface area contributed by atoms with E-state index in [1.165, 1.54) is 19.3 Å². The molecule has 0 heteroatoms. The SMILES string of the molecule is CC1=CCC2C3C1[C@@]2(C)CC[C@H]3C(C)C. The lowest BCUT2D eigenvalue weighted by molar-refractivity contribution is -0.181. The second kappa shape index (κ2) is 2.90. The van der Waals surface area contributed by atoms with E-state index in [9.17, 15) is 0 Å². The summed E-state index contributed by atoms with van der Waals surface area (Å²) in [6.07, 6.45) is 6.90. The van der Waals surface area contributed by atoms with Crippen molar-refractivity contribution in [1.82, 2.24) is 0 Å². The van der Waals surface area contributed by atoms with Gasteiger partial charge in [-0.2, -0.15) is 0 Å². The molecule has 0 heterocycles. The van der Waals surface area contributed by atoms with Crippen LogP contribution in [0, 0.1) is 35.0 Å². The van der Waals surface area contributed by atoms with Crippen LogP contribution in [0.2, 0.25) is 0 Å². The lowest BCUT2D eigenvalue weighted by Crippen LogP contribution is -2.63. The minimum Gasteiger partial charge on any atom is -0.0850 e. The summed E-state index contributed by atoms with van der Waals surface area (Å²) >= 11 is 0. The summed E-state index contributed by atoms with van der Waals surface area (Å²) in [6.45, 7) is 9.81. The van der Waals surface area contributed by atoms with Gasteiger partial charge in [-0.15, -0.1) is 0 Å². The highest BCUT2D eigenvalue weighted by atomic mass is 14.7. The van der Waals surface area contributed by atoms with Gasteiger partial charge in [-0.05, 0) is 61.2 Å². The molecule has 84 valence electrons. The maximum absolute atomic E-state index is 2.56. The van der Waals surface area contributed by atoms with Gasteiger partial charge in [0.1, 0.15) is 0 Å². The van der Waals surface area contributed by atoms with Crippen LogP contribution in [0.15, 0.2) is 11.6 Å². The first-order valence-electron chi connectivity index (χ1n) is 6.72. The molecule has 5 atom stereocenters. The molecule has 4 aliphatic carbocycles. The van der Waals surface area contributed by atoms with Gasteiger partial charge in [-0.1, -0.05) is 32.4 Å². The van der Waals surface area contributed by atoms with E-state index >= 15 is 0 Å². The predicted octanol–water partition coefficient (Wildman–Crippen LogP) is 4.27. The molecule has 0 aromatic heterocycles. The van der Waals surface area contributed by atoms with Gasteiger partial charge in [0.05, 0.1) is 0 Å². The van der Waals surface area contributed by atoms with Crippen molar-refractivity contribution in [3.05, 3.63) is 11.6 Å². The molecule has 2 saturated carbocycles. The van der Waals surface area contributed by atoms with Crippen molar-refractivity contribution in [2.45, 2.75) is 47.0 Å². The van der Waals surface area contributed by atoms with Crippen LogP contribution in [-0.4, -0.2) is 0 Å². The zero-order chi connectivity index (χ0) is 10.8. The van der Waals surface area contributed by atoms with Crippen LogP contribution in [0.5, 0.6) is 0 Å². The van der Waals surface area contributed by atoms with Crippen molar-refractivity contribution in [3.63, 3.8) is 0 Å². The Morgan fingerprint density at radius 1 is 1.40 bits per heavy atom. The van der Waals surface area contributed by atoms with Gasteiger partial charge < -0.3 is 0 Å². The highest BCUT2D eigenvalue weighted by molar-refractivity contribution is 5.28. The number of allylic oxidation sites excluding steroid dienone is 2. The summed E-state index contributed by atoms with van der Waals surface area (Å²) < 4.78 is 0. The molecule has 0 nitrogen and oxygen atoms in total. The summed E-state index contributed by atoms with van der Waals surface area (Å²) in [5, 5.41) is 0. The fraction of sp³-hybridized carbons (Fsp3) is 0.867. The van der Waals surface area contributed by atoms with Crippen molar-refractivity contribution in [1.29, 1.82) is 0 Å². The van der Waals surface area contributed by atoms with Crippen molar-refractivity contribution in [2.24, 2.45) is 35.0 Å². The molecule has 0 spiro atoms. The zero-order valence-corrected chi connectivity index (χ0v) is 10.6. The third-order valence-corrected chi connectivity index (χ3v) is 5.96. The predicted molar refractivity (Wildman–Crippen MR) is 64.5 cm³/mol. The monoisotopic (exact) mass is 204 g/mol. The summed E-state index contributed by atoms with van der Waals surface area (Å²) in [7, 11) is 0. The van der Waals surface area contributed by atoms with Crippen LogP contribution in [0.25, 0.3) is 0 Å². The van der Waals surface area contributed by atoms with Gasteiger partial charge in [0.15, 0.2) is 0 Å². The Balaban J connectivity index is 1.95. The molecule has 0 saturated heterocycles. The molecular weight excluding hydrogens is 180 g/mol. The Morgan fingerprint density at radius 2 is 2.13 bits per heavy atom. The molecule has 0 radical (unpaired) electrons.